The van der Waals surface area contributed by atoms with E-state index in [0.717, 1.165) is 88.6 Å². The molecule has 0 aromatic heterocycles. The number of phenols is 1. The molecule has 10 heteroatoms. The topological polar surface area (TPSA) is 160 Å². The van der Waals surface area contributed by atoms with Crippen LogP contribution in [0.5, 0.6) is 5.75 Å². The predicted octanol–water partition coefficient (Wildman–Crippen LogP) is 6.15. The number of unbranched alkanes of at least 4 members (excludes halogenated alkanes) is 4. The first-order valence-electron chi connectivity index (χ1n) is 15.5. The number of amides is 2. The van der Waals surface area contributed by atoms with Crippen LogP contribution in [-0.4, -0.2) is 58.7 Å². The highest BCUT2D eigenvalue weighted by molar-refractivity contribution is 5.99. The van der Waals surface area contributed by atoms with Crippen molar-refractivity contribution >= 4 is 23.4 Å². The number of ether oxygens (including phenoxy) is 1. The Hall–Kier alpha value is -3.96. The third kappa shape index (κ3) is 16.6. The largest absolute Gasteiger partial charge is 0.508 e. The number of carbonyl (C=O) groups is 2. The normalized spacial score (nSPS) is 11.3. The molecular weight excluding hydrogens is 574 g/mol. The molecular formula is C35H49N3O7. The number of rotatable bonds is 18. The smallest absolute Gasteiger partial charge is 0.323 e. The van der Waals surface area contributed by atoms with Gasteiger partial charge in [0.25, 0.3) is 5.97 Å². The van der Waals surface area contributed by atoms with Crippen molar-refractivity contribution in [3.63, 3.8) is 0 Å². The number of urea groups is 1. The molecule has 1 atom stereocenters. The minimum absolute atomic E-state index is 0.0393. The van der Waals surface area contributed by atoms with Gasteiger partial charge >= 0.3 is 6.03 Å². The Labute approximate surface area is 266 Å². The summed E-state index contributed by atoms with van der Waals surface area (Å²) < 4.78 is 5.80. The number of aromatic hydroxyl groups is 1. The second-order valence-electron chi connectivity index (χ2n) is 10.9. The van der Waals surface area contributed by atoms with Crippen molar-refractivity contribution in [1.82, 2.24) is 5.32 Å². The average Bonchev–Trinajstić information content (AvgIpc) is 3.00. The molecule has 0 heterocycles. The van der Waals surface area contributed by atoms with Gasteiger partial charge in [-0.25, -0.2) is 4.79 Å². The maximum absolute atomic E-state index is 12.3. The molecule has 3 rings (SSSR count). The van der Waals surface area contributed by atoms with Crippen molar-refractivity contribution in [2.24, 2.45) is 0 Å². The van der Waals surface area contributed by atoms with Crippen LogP contribution >= 0.6 is 0 Å². The minimum atomic E-state index is -0.833. The quantitative estimate of drug-likeness (QED) is 0.0831. The lowest BCUT2D eigenvalue weighted by Gasteiger charge is -2.14. The molecule has 0 aliphatic carbocycles. The summed E-state index contributed by atoms with van der Waals surface area (Å²) in [7, 11) is 0. The zero-order valence-corrected chi connectivity index (χ0v) is 26.4. The SMILES string of the molecule is CC(=O)O.Cc1ccc(NC(=O)Nc2cccc(CCCCOCCCCCCNC[C@H](O)c3ccc(O)c(CO)c3)c2)cc1. The fourth-order valence-electron chi connectivity index (χ4n) is 4.47. The number of benzene rings is 3. The first kappa shape index (κ1) is 37.2. The first-order chi connectivity index (χ1) is 21.7. The fraction of sp³-hybridized carbons (Fsp3) is 0.429. The van der Waals surface area contributed by atoms with Crippen molar-refractivity contribution < 1.29 is 34.8 Å². The Balaban J connectivity index is 0.00000166. The Morgan fingerprint density at radius 1 is 0.844 bits per heavy atom. The molecule has 0 saturated heterocycles. The highest BCUT2D eigenvalue weighted by Crippen LogP contribution is 2.22. The highest BCUT2D eigenvalue weighted by Gasteiger charge is 2.10. The predicted molar refractivity (Wildman–Crippen MR) is 178 cm³/mol. The van der Waals surface area contributed by atoms with E-state index in [1.54, 1.807) is 12.1 Å². The molecule has 10 nitrogen and oxygen atoms in total. The molecule has 2 amide bonds. The summed E-state index contributed by atoms with van der Waals surface area (Å²) in [5.74, 6) is -0.794. The van der Waals surface area contributed by atoms with E-state index >= 15 is 0 Å². The number of carbonyl (C=O) groups excluding carboxylic acids is 1. The molecule has 3 aromatic rings. The van der Waals surface area contributed by atoms with Gasteiger partial charge in [-0.1, -0.05) is 48.7 Å². The van der Waals surface area contributed by atoms with Gasteiger partial charge in [0.15, 0.2) is 0 Å². The van der Waals surface area contributed by atoms with Gasteiger partial charge in [0.1, 0.15) is 5.75 Å². The summed E-state index contributed by atoms with van der Waals surface area (Å²) in [6.45, 7) is 5.63. The molecule has 3 aromatic carbocycles. The highest BCUT2D eigenvalue weighted by atomic mass is 16.5. The van der Waals surface area contributed by atoms with Crippen molar-refractivity contribution in [2.75, 3.05) is 36.9 Å². The number of hydrogen-bond donors (Lipinski definition) is 7. The van der Waals surface area contributed by atoms with Gasteiger partial charge in [-0.3, -0.25) is 4.79 Å². The second-order valence-corrected chi connectivity index (χ2v) is 10.9. The summed E-state index contributed by atoms with van der Waals surface area (Å²) in [6, 6.07) is 20.2. The Kier molecular flexibility index (Phi) is 17.9. The number of hydrogen-bond acceptors (Lipinski definition) is 7. The van der Waals surface area contributed by atoms with Crippen LogP contribution in [0.15, 0.2) is 66.7 Å². The van der Waals surface area contributed by atoms with Gasteiger partial charge in [-0.15, -0.1) is 0 Å². The Morgan fingerprint density at radius 3 is 2.22 bits per heavy atom. The molecule has 0 unspecified atom stereocenters. The number of carboxylic acid groups (broad SMARTS) is 1. The third-order valence-electron chi connectivity index (χ3n) is 6.89. The van der Waals surface area contributed by atoms with Crippen molar-refractivity contribution in [1.29, 1.82) is 0 Å². The number of aliphatic hydroxyl groups is 2. The first-order valence-corrected chi connectivity index (χ1v) is 15.5. The second kappa shape index (κ2) is 21.7. The minimum Gasteiger partial charge on any atom is -0.508 e. The molecule has 0 aliphatic heterocycles. The Bertz CT molecular complexity index is 1280. The zero-order chi connectivity index (χ0) is 32.9. The van der Waals surface area contributed by atoms with Crippen LogP contribution in [0.1, 0.15) is 73.8 Å². The van der Waals surface area contributed by atoms with Crippen molar-refractivity contribution in [3.05, 3.63) is 89.0 Å². The zero-order valence-electron chi connectivity index (χ0n) is 26.4. The third-order valence-corrected chi connectivity index (χ3v) is 6.89. The van der Waals surface area contributed by atoms with Crippen LogP contribution in [0.25, 0.3) is 0 Å². The molecule has 0 radical (unpaired) electrons. The van der Waals surface area contributed by atoms with Crippen LogP contribution in [0.4, 0.5) is 16.2 Å². The van der Waals surface area contributed by atoms with E-state index in [1.165, 1.54) is 11.6 Å². The number of carboxylic acids is 1. The van der Waals surface area contributed by atoms with E-state index < -0.39 is 12.1 Å². The van der Waals surface area contributed by atoms with Gasteiger partial charge in [-0.05, 0) is 93.1 Å². The standard InChI is InChI=1S/C33H45N3O5.C2H4O2/c1-25-12-15-29(16-13-25)35-33(40)36-30-11-8-10-26(21-30)9-4-7-20-41-19-6-3-2-5-18-34-23-32(39)27-14-17-31(38)28(22-27)24-37;1-2(3)4/h8,10-17,21-22,32,34,37-39H,2-7,9,18-20,23-24H2,1H3,(H2,35,36,40);1H3,(H,3,4)/t32-;/m0./s1. The summed E-state index contributed by atoms with van der Waals surface area (Å²) in [5, 5.41) is 45.6. The van der Waals surface area contributed by atoms with Crippen LogP contribution in [0.3, 0.4) is 0 Å². The fourth-order valence-corrected chi connectivity index (χ4v) is 4.47. The molecule has 0 saturated carbocycles. The monoisotopic (exact) mass is 623 g/mol. The average molecular weight is 624 g/mol. The molecule has 0 bridgehead atoms. The number of aliphatic carboxylic acids is 1. The molecule has 45 heavy (non-hydrogen) atoms. The molecule has 0 aliphatic rings. The van der Waals surface area contributed by atoms with Crippen LogP contribution in [0.2, 0.25) is 0 Å². The van der Waals surface area contributed by atoms with E-state index in [0.29, 0.717) is 17.7 Å². The lowest BCUT2D eigenvalue weighted by Crippen LogP contribution is -2.22. The van der Waals surface area contributed by atoms with Gasteiger partial charge in [-0.2, -0.15) is 0 Å². The van der Waals surface area contributed by atoms with Crippen LogP contribution in [-0.2, 0) is 22.6 Å². The number of nitrogens with one attached hydrogen (secondary N) is 3. The van der Waals surface area contributed by atoms with Crippen LogP contribution in [0, 0.1) is 6.92 Å². The molecule has 0 fully saturated rings. The van der Waals surface area contributed by atoms with Crippen molar-refractivity contribution in [3.8, 4) is 5.75 Å². The van der Waals surface area contributed by atoms with E-state index in [4.69, 9.17) is 14.6 Å². The van der Waals surface area contributed by atoms with Gasteiger partial charge < -0.3 is 41.1 Å². The number of aliphatic hydroxyl groups excluding tert-OH is 2. The lowest BCUT2D eigenvalue weighted by molar-refractivity contribution is -0.134. The maximum atomic E-state index is 12.3. The van der Waals surface area contributed by atoms with E-state index in [-0.39, 0.29) is 18.4 Å². The number of anilines is 2. The van der Waals surface area contributed by atoms with Gasteiger partial charge in [0.2, 0.25) is 0 Å². The lowest BCUT2D eigenvalue weighted by atomic mass is 10.1. The maximum Gasteiger partial charge on any atom is 0.323 e. The summed E-state index contributed by atoms with van der Waals surface area (Å²) in [5.41, 5.74) is 4.99. The van der Waals surface area contributed by atoms with Gasteiger partial charge in [0, 0.05) is 43.6 Å². The molecule has 246 valence electrons. The van der Waals surface area contributed by atoms with E-state index in [1.807, 2.05) is 49.4 Å². The van der Waals surface area contributed by atoms with E-state index in [2.05, 4.69) is 22.0 Å². The van der Waals surface area contributed by atoms with Gasteiger partial charge in [0.05, 0.1) is 12.7 Å². The molecule has 0 spiro atoms. The van der Waals surface area contributed by atoms with Crippen molar-refractivity contribution in [2.45, 2.75) is 71.5 Å². The van der Waals surface area contributed by atoms with E-state index in [9.17, 15) is 20.1 Å². The Morgan fingerprint density at radius 2 is 1.51 bits per heavy atom. The summed E-state index contributed by atoms with van der Waals surface area (Å²) in [6.07, 6.45) is 6.58. The number of aryl methyl sites for hydroxylation is 2. The summed E-state index contributed by atoms with van der Waals surface area (Å²) >= 11 is 0. The summed E-state index contributed by atoms with van der Waals surface area (Å²) in [4.78, 5) is 21.3. The molecule has 7 N–H and O–H groups in total. The van der Waals surface area contributed by atoms with Crippen LogP contribution < -0.4 is 16.0 Å².